The highest BCUT2D eigenvalue weighted by atomic mass is 32.1. The average Bonchev–Trinajstić information content (AvgIpc) is 2.52. The minimum Gasteiger partial charge on any atom is -0.460 e. The summed E-state index contributed by atoms with van der Waals surface area (Å²) in [7, 11) is 0. The van der Waals surface area contributed by atoms with E-state index in [-0.39, 0.29) is 0 Å². The normalized spacial score (nSPS) is 10.4. The summed E-state index contributed by atoms with van der Waals surface area (Å²) in [4.78, 5) is 0. The van der Waals surface area contributed by atoms with Crippen LogP contribution in [-0.4, -0.2) is 17.9 Å². The van der Waals surface area contributed by atoms with Gasteiger partial charge in [0.15, 0.2) is 5.11 Å². The molecular weight excluding hydrogens is 198 g/mol. The molecule has 5 heteroatoms. The Hall–Kier alpha value is -1.36. The summed E-state index contributed by atoms with van der Waals surface area (Å²) in [6, 6.07) is 3.72. The molecule has 0 saturated carbocycles. The van der Waals surface area contributed by atoms with E-state index in [2.05, 4.69) is 15.8 Å². The second-order valence-electron chi connectivity index (χ2n) is 2.68. The first-order chi connectivity index (χ1) is 6.72. The third-order valence-electron chi connectivity index (χ3n) is 1.46. The van der Waals surface area contributed by atoms with Crippen molar-refractivity contribution in [2.75, 3.05) is 6.54 Å². The van der Waals surface area contributed by atoms with Crippen LogP contribution < -0.4 is 10.7 Å². The van der Waals surface area contributed by atoms with Crippen LogP contribution >= 0.6 is 12.2 Å². The van der Waals surface area contributed by atoms with Crippen LogP contribution in [0.2, 0.25) is 0 Å². The molecule has 0 aliphatic carbocycles. The molecule has 0 aliphatic heterocycles. The van der Waals surface area contributed by atoms with Gasteiger partial charge in [-0.1, -0.05) is 0 Å². The van der Waals surface area contributed by atoms with Crippen molar-refractivity contribution in [2.45, 2.75) is 13.8 Å². The second kappa shape index (κ2) is 5.39. The van der Waals surface area contributed by atoms with Crippen LogP contribution in [0.15, 0.2) is 21.7 Å². The van der Waals surface area contributed by atoms with Gasteiger partial charge in [0, 0.05) is 6.54 Å². The number of hydrogen-bond acceptors (Lipinski definition) is 3. The minimum absolute atomic E-state index is 0.507. The molecule has 0 aromatic carbocycles. The fourth-order valence-electron chi connectivity index (χ4n) is 0.877. The third-order valence-corrected chi connectivity index (χ3v) is 1.69. The van der Waals surface area contributed by atoms with Gasteiger partial charge in [0.25, 0.3) is 0 Å². The zero-order valence-electron chi connectivity index (χ0n) is 8.20. The highest BCUT2D eigenvalue weighted by Crippen LogP contribution is 2.02. The summed E-state index contributed by atoms with van der Waals surface area (Å²) < 4.78 is 5.27. The summed E-state index contributed by atoms with van der Waals surface area (Å²) in [6.07, 6.45) is 1.58. The molecular formula is C9H13N3OS. The molecule has 0 fully saturated rings. The predicted octanol–water partition coefficient (Wildman–Crippen LogP) is 1.41. The van der Waals surface area contributed by atoms with E-state index in [0.29, 0.717) is 10.9 Å². The standard InChI is InChI=1S/C9H13N3OS/c1-3-10-9(14)12-11-6-8-5-4-7(2)13-8/h4-6H,3H2,1-2H3,(H2,10,12,14)/b11-6-. The number of furan rings is 1. The van der Waals surface area contributed by atoms with Gasteiger partial charge in [-0.3, -0.25) is 5.43 Å². The Bertz CT molecular complexity index is 333. The second-order valence-corrected chi connectivity index (χ2v) is 3.09. The Morgan fingerprint density at radius 2 is 2.43 bits per heavy atom. The fraction of sp³-hybridized carbons (Fsp3) is 0.333. The molecule has 0 bridgehead atoms. The van der Waals surface area contributed by atoms with E-state index in [1.807, 2.05) is 26.0 Å². The molecule has 0 amide bonds. The first kappa shape index (κ1) is 10.7. The molecule has 1 rings (SSSR count). The van der Waals surface area contributed by atoms with Crippen molar-refractivity contribution in [2.24, 2.45) is 5.10 Å². The quantitative estimate of drug-likeness (QED) is 0.451. The summed E-state index contributed by atoms with van der Waals surface area (Å²) in [5.74, 6) is 1.56. The Labute approximate surface area is 88.4 Å². The van der Waals surface area contributed by atoms with E-state index in [0.717, 1.165) is 12.3 Å². The summed E-state index contributed by atoms with van der Waals surface area (Å²) in [5, 5.41) is 7.32. The SMILES string of the molecule is CCNC(=S)N/N=C\c1ccc(C)o1. The largest absolute Gasteiger partial charge is 0.460 e. The number of aryl methyl sites for hydroxylation is 1. The first-order valence-corrected chi connectivity index (χ1v) is 4.76. The topological polar surface area (TPSA) is 49.6 Å². The van der Waals surface area contributed by atoms with Gasteiger partial charge >= 0.3 is 0 Å². The van der Waals surface area contributed by atoms with Gasteiger partial charge in [-0.25, -0.2) is 0 Å². The Balaban J connectivity index is 2.37. The van der Waals surface area contributed by atoms with Gasteiger partial charge in [-0.05, 0) is 38.2 Å². The van der Waals surface area contributed by atoms with Gasteiger partial charge in [-0.2, -0.15) is 5.10 Å². The van der Waals surface area contributed by atoms with Gasteiger partial charge in [0.05, 0.1) is 6.21 Å². The summed E-state index contributed by atoms with van der Waals surface area (Å²) in [6.45, 7) is 4.63. The molecule has 0 unspecified atom stereocenters. The third kappa shape index (κ3) is 3.57. The Morgan fingerprint density at radius 1 is 1.64 bits per heavy atom. The van der Waals surface area contributed by atoms with Crippen molar-refractivity contribution < 1.29 is 4.42 Å². The van der Waals surface area contributed by atoms with Gasteiger partial charge in [-0.15, -0.1) is 0 Å². The lowest BCUT2D eigenvalue weighted by atomic mass is 10.4. The van der Waals surface area contributed by atoms with E-state index in [1.54, 1.807) is 6.21 Å². The molecule has 4 nitrogen and oxygen atoms in total. The van der Waals surface area contributed by atoms with E-state index in [1.165, 1.54) is 0 Å². The van der Waals surface area contributed by atoms with Crippen LogP contribution in [-0.2, 0) is 0 Å². The Morgan fingerprint density at radius 3 is 3.00 bits per heavy atom. The molecule has 1 heterocycles. The molecule has 0 spiro atoms. The predicted molar refractivity (Wildman–Crippen MR) is 60.4 cm³/mol. The maximum absolute atomic E-state index is 5.27. The number of hydrazone groups is 1. The first-order valence-electron chi connectivity index (χ1n) is 4.35. The van der Waals surface area contributed by atoms with Gasteiger partial charge in [0.2, 0.25) is 0 Å². The van der Waals surface area contributed by atoms with E-state index in [9.17, 15) is 0 Å². The van der Waals surface area contributed by atoms with E-state index in [4.69, 9.17) is 16.6 Å². The highest BCUT2D eigenvalue weighted by Gasteiger charge is 1.93. The summed E-state index contributed by atoms with van der Waals surface area (Å²) >= 11 is 4.91. The highest BCUT2D eigenvalue weighted by molar-refractivity contribution is 7.80. The van der Waals surface area contributed by atoms with E-state index >= 15 is 0 Å². The number of hydrogen-bond donors (Lipinski definition) is 2. The lowest BCUT2D eigenvalue weighted by molar-refractivity contribution is 0.527. The average molecular weight is 211 g/mol. The lowest BCUT2D eigenvalue weighted by Crippen LogP contribution is -2.31. The van der Waals surface area contributed by atoms with Gasteiger partial charge in [0.1, 0.15) is 11.5 Å². The van der Waals surface area contributed by atoms with Crippen molar-refractivity contribution in [3.8, 4) is 0 Å². The Kier molecular flexibility index (Phi) is 4.12. The van der Waals surface area contributed by atoms with Crippen molar-refractivity contribution in [3.05, 3.63) is 23.7 Å². The van der Waals surface area contributed by atoms with Crippen LogP contribution in [0.4, 0.5) is 0 Å². The summed E-state index contributed by atoms with van der Waals surface area (Å²) in [5.41, 5.74) is 2.67. The molecule has 76 valence electrons. The fourth-order valence-corrected chi connectivity index (χ4v) is 1.07. The smallest absolute Gasteiger partial charge is 0.186 e. The van der Waals surface area contributed by atoms with Crippen LogP contribution in [0.25, 0.3) is 0 Å². The maximum Gasteiger partial charge on any atom is 0.186 e. The molecule has 1 aromatic rings. The monoisotopic (exact) mass is 211 g/mol. The van der Waals surface area contributed by atoms with Crippen LogP contribution in [0.5, 0.6) is 0 Å². The molecule has 0 atom stereocenters. The molecule has 1 aromatic heterocycles. The molecule has 0 radical (unpaired) electrons. The van der Waals surface area contributed by atoms with Crippen LogP contribution in [0.1, 0.15) is 18.4 Å². The van der Waals surface area contributed by atoms with Crippen molar-refractivity contribution in [1.82, 2.24) is 10.7 Å². The van der Waals surface area contributed by atoms with Crippen molar-refractivity contribution in [1.29, 1.82) is 0 Å². The zero-order valence-corrected chi connectivity index (χ0v) is 9.02. The minimum atomic E-state index is 0.507. The molecule has 2 N–H and O–H groups in total. The van der Waals surface area contributed by atoms with Crippen LogP contribution in [0.3, 0.4) is 0 Å². The molecule has 14 heavy (non-hydrogen) atoms. The maximum atomic E-state index is 5.27. The van der Waals surface area contributed by atoms with E-state index < -0.39 is 0 Å². The lowest BCUT2D eigenvalue weighted by Gasteiger charge is -2.01. The number of rotatable bonds is 3. The molecule has 0 saturated heterocycles. The van der Waals surface area contributed by atoms with Crippen LogP contribution in [0, 0.1) is 6.92 Å². The number of nitrogens with one attached hydrogen (secondary N) is 2. The number of nitrogens with zero attached hydrogens (tertiary/aromatic N) is 1. The molecule has 0 aliphatic rings. The zero-order chi connectivity index (χ0) is 10.4. The van der Waals surface area contributed by atoms with Gasteiger partial charge < -0.3 is 9.73 Å². The number of thiocarbonyl (C=S) groups is 1. The van der Waals surface area contributed by atoms with Crippen molar-refractivity contribution >= 4 is 23.5 Å². The van der Waals surface area contributed by atoms with Crippen molar-refractivity contribution in [3.63, 3.8) is 0 Å².